The molecule has 6 heteroatoms. The van der Waals surface area contributed by atoms with Crippen molar-refractivity contribution in [1.29, 1.82) is 5.41 Å². The van der Waals surface area contributed by atoms with E-state index in [0.717, 1.165) is 18.2 Å². The van der Waals surface area contributed by atoms with E-state index >= 15 is 0 Å². The smallest absolute Gasteiger partial charge is 0.289 e. The fourth-order valence-electron chi connectivity index (χ4n) is 0.899. The Hall–Kier alpha value is -1.56. The molecule has 14 heavy (non-hydrogen) atoms. The number of hydroxylamine groups is 1. The molecule has 2 N–H and O–H groups in total. The molecule has 0 bridgehead atoms. The van der Waals surface area contributed by atoms with Crippen molar-refractivity contribution in [3.63, 3.8) is 0 Å². The summed E-state index contributed by atoms with van der Waals surface area (Å²) in [5.41, 5.74) is -0.967. The summed E-state index contributed by atoms with van der Waals surface area (Å²) >= 11 is 0. The van der Waals surface area contributed by atoms with E-state index in [2.05, 4.69) is 0 Å². The minimum Gasteiger partial charge on any atom is -0.289 e. The Labute approximate surface area is 77.9 Å². The number of benzene rings is 1. The second kappa shape index (κ2) is 3.67. The van der Waals surface area contributed by atoms with Crippen LogP contribution in [0.25, 0.3) is 0 Å². The van der Waals surface area contributed by atoms with Crippen molar-refractivity contribution < 1.29 is 18.4 Å². The third-order valence-corrected chi connectivity index (χ3v) is 1.56. The highest BCUT2D eigenvalue weighted by molar-refractivity contribution is 5.73. The number of nitrogens with one attached hydrogen (secondary N) is 1. The normalized spacial score (nSPS) is 11.1. The van der Waals surface area contributed by atoms with Gasteiger partial charge in [-0.3, -0.25) is 10.6 Å². The number of hydrogen-bond donors (Lipinski definition) is 2. The zero-order valence-corrected chi connectivity index (χ0v) is 6.92. The highest BCUT2D eigenvalue weighted by atomic mass is 19.4. The maximum Gasteiger partial charge on any atom is 0.416 e. The zero-order valence-electron chi connectivity index (χ0n) is 6.92. The Balaban J connectivity index is 3.07. The molecule has 0 amide bonds. The lowest BCUT2D eigenvalue weighted by molar-refractivity contribution is -0.137. The van der Waals surface area contributed by atoms with Crippen LogP contribution < -0.4 is 5.06 Å². The molecular formula is C8H7F3N2O. The second-order valence-electron chi connectivity index (χ2n) is 2.52. The van der Waals surface area contributed by atoms with Gasteiger partial charge in [-0.25, -0.2) is 5.06 Å². The Morgan fingerprint density at radius 1 is 1.36 bits per heavy atom. The van der Waals surface area contributed by atoms with Crippen LogP contribution in [0.1, 0.15) is 5.56 Å². The molecule has 0 atom stereocenters. The first-order valence-electron chi connectivity index (χ1n) is 3.61. The Bertz CT molecular complexity index is 338. The molecule has 1 aromatic carbocycles. The molecule has 1 rings (SSSR count). The SMILES string of the molecule is N=CN(O)c1cccc(C(F)(F)F)c1. The summed E-state index contributed by atoms with van der Waals surface area (Å²) < 4.78 is 36.5. The van der Waals surface area contributed by atoms with E-state index < -0.39 is 11.7 Å². The number of halogens is 3. The minimum atomic E-state index is -4.45. The molecule has 0 saturated heterocycles. The summed E-state index contributed by atoms with van der Waals surface area (Å²) in [5.74, 6) is 0. The van der Waals surface area contributed by atoms with Gasteiger partial charge in [0.15, 0.2) is 0 Å². The predicted octanol–water partition coefficient (Wildman–Crippen LogP) is 2.51. The maximum absolute atomic E-state index is 12.2. The highest BCUT2D eigenvalue weighted by Gasteiger charge is 2.30. The van der Waals surface area contributed by atoms with Crippen molar-refractivity contribution >= 4 is 12.0 Å². The molecule has 0 saturated carbocycles. The van der Waals surface area contributed by atoms with Crippen LogP contribution in [0.4, 0.5) is 18.9 Å². The van der Waals surface area contributed by atoms with Gasteiger partial charge in [-0.2, -0.15) is 13.2 Å². The van der Waals surface area contributed by atoms with Crippen molar-refractivity contribution in [3.05, 3.63) is 29.8 Å². The molecule has 0 spiro atoms. The Morgan fingerprint density at radius 3 is 2.50 bits per heavy atom. The summed E-state index contributed by atoms with van der Waals surface area (Å²) in [6.07, 6.45) is -3.94. The lowest BCUT2D eigenvalue weighted by Gasteiger charge is -2.12. The van der Waals surface area contributed by atoms with E-state index in [4.69, 9.17) is 10.6 Å². The van der Waals surface area contributed by atoms with Gasteiger partial charge in [-0.1, -0.05) is 6.07 Å². The van der Waals surface area contributed by atoms with Gasteiger partial charge in [-0.15, -0.1) is 0 Å². The number of alkyl halides is 3. The molecule has 0 heterocycles. The van der Waals surface area contributed by atoms with Crippen molar-refractivity contribution in [3.8, 4) is 0 Å². The molecule has 0 fully saturated rings. The van der Waals surface area contributed by atoms with Crippen LogP contribution in [0.15, 0.2) is 24.3 Å². The fraction of sp³-hybridized carbons (Fsp3) is 0.125. The number of hydrogen-bond acceptors (Lipinski definition) is 2. The Morgan fingerprint density at radius 2 is 2.00 bits per heavy atom. The van der Waals surface area contributed by atoms with Crippen LogP contribution in [-0.2, 0) is 6.18 Å². The van der Waals surface area contributed by atoms with Gasteiger partial charge >= 0.3 is 6.18 Å². The van der Waals surface area contributed by atoms with Crippen LogP contribution >= 0.6 is 0 Å². The molecule has 0 aliphatic rings. The number of rotatable bonds is 2. The maximum atomic E-state index is 12.2. The van der Waals surface area contributed by atoms with E-state index in [1.54, 1.807) is 0 Å². The van der Waals surface area contributed by atoms with Crippen molar-refractivity contribution in [2.24, 2.45) is 0 Å². The van der Waals surface area contributed by atoms with Crippen LogP contribution in [0.3, 0.4) is 0 Å². The summed E-state index contributed by atoms with van der Waals surface area (Å²) in [7, 11) is 0. The monoisotopic (exact) mass is 204 g/mol. The van der Waals surface area contributed by atoms with Gasteiger partial charge in [0.05, 0.1) is 11.3 Å². The van der Waals surface area contributed by atoms with Crippen molar-refractivity contribution in [2.75, 3.05) is 5.06 Å². The van der Waals surface area contributed by atoms with Crippen LogP contribution in [-0.4, -0.2) is 11.5 Å². The summed E-state index contributed by atoms with van der Waals surface area (Å²) in [4.78, 5) is 0. The third kappa shape index (κ3) is 2.23. The molecule has 1 aromatic rings. The van der Waals surface area contributed by atoms with Crippen molar-refractivity contribution in [1.82, 2.24) is 0 Å². The molecule has 0 radical (unpaired) electrons. The Kier molecular flexibility index (Phi) is 2.76. The first kappa shape index (κ1) is 10.5. The van der Waals surface area contributed by atoms with Gasteiger partial charge < -0.3 is 0 Å². The molecular weight excluding hydrogens is 197 g/mol. The molecule has 3 nitrogen and oxygen atoms in total. The lowest BCUT2D eigenvalue weighted by atomic mass is 10.2. The predicted molar refractivity (Wildman–Crippen MR) is 44.5 cm³/mol. The summed E-state index contributed by atoms with van der Waals surface area (Å²) in [5, 5.41) is 15.9. The second-order valence-corrected chi connectivity index (χ2v) is 2.52. The fourth-order valence-corrected chi connectivity index (χ4v) is 0.899. The average molecular weight is 204 g/mol. The first-order chi connectivity index (χ1) is 6.45. The van der Waals surface area contributed by atoms with E-state index in [0.29, 0.717) is 11.4 Å². The van der Waals surface area contributed by atoms with Crippen LogP contribution in [0, 0.1) is 5.41 Å². The van der Waals surface area contributed by atoms with Gasteiger partial charge in [0.1, 0.15) is 6.34 Å². The van der Waals surface area contributed by atoms with E-state index in [1.807, 2.05) is 0 Å². The number of anilines is 1. The van der Waals surface area contributed by atoms with E-state index in [-0.39, 0.29) is 5.69 Å². The molecule has 0 aliphatic carbocycles. The van der Waals surface area contributed by atoms with E-state index in [1.165, 1.54) is 6.07 Å². The summed E-state index contributed by atoms with van der Waals surface area (Å²) in [6.45, 7) is 0. The quantitative estimate of drug-likeness (QED) is 0.441. The largest absolute Gasteiger partial charge is 0.416 e. The molecule has 0 unspecified atom stereocenters. The third-order valence-electron chi connectivity index (χ3n) is 1.56. The van der Waals surface area contributed by atoms with Crippen LogP contribution in [0.5, 0.6) is 0 Å². The standard InChI is InChI=1S/C8H7F3N2O/c9-8(10,11)6-2-1-3-7(4-6)13(14)5-12/h1-5,12,14H. The zero-order chi connectivity index (χ0) is 10.8. The van der Waals surface area contributed by atoms with Crippen molar-refractivity contribution in [2.45, 2.75) is 6.18 Å². The lowest BCUT2D eigenvalue weighted by Crippen LogP contribution is -2.15. The van der Waals surface area contributed by atoms with Gasteiger partial charge in [0.2, 0.25) is 0 Å². The van der Waals surface area contributed by atoms with Gasteiger partial charge in [0.25, 0.3) is 0 Å². The van der Waals surface area contributed by atoms with Gasteiger partial charge in [0, 0.05) is 0 Å². The van der Waals surface area contributed by atoms with Gasteiger partial charge in [-0.05, 0) is 18.2 Å². The average Bonchev–Trinajstić information content (AvgIpc) is 2.15. The van der Waals surface area contributed by atoms with E-state index in [9.17, 15) is 13.2 Å². The topological polar surface area (TPSA) is 47.3 Å². The minimum absolute atomic E-state index is 0.102. The first-order valence-corrected chi connectivity index (χ1v) is 3.61. The molecule has 0 aliphatic heterocycles. The number of nitrogens with zero attached hydrogens (tertiary/aromatic N) is 1. The molecule has 76 valence electrons. The highest BCUT2D eigenvalue weighted by Crippen LogP contribution is 2.31. The van der Waals surface area contributed by atoms with Crippen LogP contribution in [0.2, 0.25) is 0 Å². The molecule has 0 aromatic heterocycles. The summed E-state index contributed by atoms with van der Waals surface area (Å²) in [6, 6.07) is 4.07.